The molecule has 1 aliphatic rings. The topological polar surface area (TPSA) is 82.1 Å². The van der Waals surface area contributed by atoms with Crippen LogP contribution in [0.25, 0.3) is 0 Å². The van der Waals surface area contributed by atoms with Gasteiger partial charge in [-0.2, -0.15) is 13.2 Å². The summed E-state index contributed by atoms with van der Waals surface area (Å²) >= 11 is 6.02. The van der Waals surface area contributed by atoms with Crippen molar-refractivity contribution in [3.8, 4) is 5.75 Å². The number of methoxy groups -OCH3 is 1. The first-order valence-corrected chi connectivity index (χ1v) is 11.7. The van der Waals surface area contributed by atoms with Gasteiger partial charge in [0.05, 0.1) is 18.4 Å². The maximum atomic E-state index is 16.7. The molecule has 0 radical (unpaired) electrons. The molecule has 0 N–H and O–H groups in total. The normalized spacial score (nSPS) is 16.6. The van der Waals surface area contributed by atoms with Crippen LogP contribution in [0.4, 0.5) is 23.2 Å². The van der Waals surface area contributed by atoms with Crippen LogP contribution in [0, 0.1) is 0 Å². The van der Waals surface area contributed by atoms with Gasteiger partial charge in [0.2, 0.25) is 5.67 Å². The number of rotatable bonds is 8. The van der Waals surface area contributed by atoms with E-state index in [1.54, 1.807) is 30.3 Å². The monoisotopic (exact) mass is 565 g/mol. The van der Waals surface area contributed by atoms with E-state index in [0.717, 1.165) is 12.1 Å². The number of ether oxygens (including phenoxy) is 3. The Labute approximate surface area is 224 Å². The lowest BCUT2D eigenvalue weighted by molar-refractivity contribution is -0.155. The first kappa shape index (κ1) is 27.9. The van der Waals surface area contributed by atoms with E-state index in [4.69, 9.17) is 25.8 Å². The van der Waals surface area contributed by atoms with Gasteiger partial charge in [-0.3, -0.25) is 19.3 Å². The minimum absolute atomic E-state index is 0.0444. The van der Waals surface area contributed by atoms with E-state index in [1.807, 2.05) is 0 Å². The highest BCUT2D eigenvalue weighted by atomic mass is 35.5. The standard InChI is InChI=1S/C27H20ClF4NO6/c1-37-22-10-8-18(28)12-20(22)26(29)19-9-7-17(27(30,31)32)11-21(19)33(25(26)36)15-39-24(35)13-23(34)38-14-16-5-3-2-4-6-16/h2-12H,13-15H2,1H3. The number of esters is 2. The summed E-state index contributed by atoms with van der Waals surface area (Å²) < 4.78 is 72.2. The fourth-order valence-electron chi connectivity index (χ4n) is 4.07. The van der Waals surface area contributed by atoms with Gasteiger partial charge in [0.15, 0.2) is 6.73 Å². The SMILES string of the molecule is COc1ccc(Cl)cc1C1(F)C(=O)N(COC(=O)CC(=O)OCc2ccccc2)c2cc(C(F)(F)F)ccc21. The second-order valence-electron chi connectivity index (χ2n) is 8.43. The van der Waals surface area contributed by atoms with E-state index in [2.05, 4.69) is 0 Å². The van der Waals surface area contributed by atoms with Gasteiger partial charge in [0.1, 0.15) is 18.8 Å². The van der Waals surface area contributed by atoms with Crippen LogP contribution in [-0.4, -0.2) is 31.7 Å². The summed E-state index contributed by atoms with van der Waals surface area (Å²) in [6.45, 7) is -1.07. The van der Waals surface area contributed by atoms with E-state index in [0.29, 0.717) is 22.6 Å². The van der Waals surface area contributed by atoms with Gasteiger partial charge in [0.25, 0.3) is 5.91 Å². The Morgan fingerprint density at radius 2 is 1.64 bits per heavy atom. The number of fused-ring (bicyclic) bond motifs is 1. The number of nitrogens with zero attached hydrogens (tertiary/aromatic N) is 1. The Morgan fingerprint density at radius 1 is 0.949 bits per heavy atom. The first-order valence-electron chi connectivity index (χ1n) is 11.4. The smallest absolute Gasteiger partial charge is 0.416 e. The molecule has 0 bridgehead atoms. The first-order chi connectivity index (χ1) is 18.4. The van der Waals surface area contributed by atoms with Crippen LogP contribution in [0.15, 0.2) is 66.7 Å². The number of hydrogen-bond donors (Lipinski definition) is 0. The summed E-state index contributed by atoms with van der Waals surface area (Å²) in [6.07, 6.45) is -5.65. The second-order valence-corrected chi connectivity index (χ2v) is 8.87. The fraction of sp³-hybridized carbons (Fsp3) is 0.222. The van der Waals surface area contributed by atoms with Crippen LogP contribution < -0.4 is 9.64 Å². The minimum atomic E-state index is -4.81. The summed E-state index contributed by atoms with van der Waals surface area (Å²) in [6, 6.07) is 14.5. The Bertz CT molecular complexity index is 1420. The molecular formula is C27H20ClF4NO6. The zero-order valence-electron chi connectivity index (χ0n) is 20.3. The molecule has 1 amide bonds. The van der Waals surface area contributed by atoms with Crippen molar-refractivity contribution < 1.29 is 46.2 Å². The van der Waals surface area contributed by atoms with Crippen molar-refractivity contribution in [2.24, 2.45) is 0 Å². The Balaban J connectivity index is 1.58. The van der Waals surface area contributed by atoms with E-state index in [9.17, 15) is 27.6 Å². The number of carbonyl (C=O) groups is 3. The highest BCUT2D eigenvalue weighted by molar-refractivity contribution is 6.30. The van der Waals surface area contributed by atoms with E-state index in [1.165, 1.54) is 19.2 Å². The molecule has 12 heteroatoms. The second kappa shape index (κ2) is 10.9. The molecule has 1 aliphatic heterocycles. The van der Waals surface area contributed by atoms with Crippen LogP contribution in [0.1, 0.15) is 28.7 Å². The maximum Gasteiger partial charge on any atom is 0.416 e. The van der Waals surface area contributed by atoms with Crippen LogP contribution in [0.5, 0.6) is 5.75 Å². The van der Waals surface area contributed by atoms with Crippen molar-refractivity contribution in [3.05, 3.63) is 94.0 Å². The third-order valence-electron chi connectivity index (χ3n) is 5.95. The van der Waals surface area contributed by atoms with Gasteiger partial charge in [-0.25, -0.2) is 4.39 Å². The van der Waals surface area contributed by atoms with Crippen molar-refractivity contribution in [3.63, 3.8) is 0 Å². The molecule has 4 rings (SSSR count). The summed E-state index contributed by atoms with van der Waals surface area (Å²) in [5, 5.41) is 0.0444. The van der Waals surface area contributed by atoms with E-state index in [-0.39, 0.29) is 22.9 Å². The third-order valence-corrected chi connectivity index (χ3v) is 6.18. The molecule has 1 unspecified atom stereocenters. The molecule has 1 atom stereocenters. The molecule has 0 fully saturated rings. The summed E-state index contributed by atoms with van der Waals surface area (Å²) in [7, 11) is 1.22. The average Bonchev–Trinajstić information content (AvgIpc) is 3.12. The number of amides is 1. The number of halogens is 5. The number of hydrogen-bond acceptors (Lipinski definition) is 6. The zero-order valence-corrected chi connectivity index (χ0v) is 21.0. The number of carbonyl (C=O) groups excluding carboxylic acids is 3. The number of alkyl halides is 4. The Kier molecular flexibility index (Phi) is 7.82. The molecular weight excluding hydrogens is 546 g/mol. The minimum Gasteiger partial charge on any atom is -0.496 e. The predicted octanol–water partition coefficient (Wildman–Crippen LogP) is 5.56. The van der Waals surface area contributed by atoms with Crippen molar-refractivity contribution in [1.29, 1.82) is 0 Å². The van der Waals surface area contributed by atoms with Gasteiger partial charge in [-0.1, -0.05) is 48.0 Å². The third kappa shape index (κ3) is 5.68. The van der Waals surface area contributed by atoms with Crippen LogP contribution >= 0.6 is 11.6 Å². The van der Waals surface area contributed by atoms with E-state index >= 15 is 4.39 Å². The number of anilines is 1. The Hall–Kier alpha value is -4.12. The molecule has 3 aromatic carbocycles. The molecule has 39 heavy (non-hydrogen) atoms. The van der Waals surface area contributed by atoms with Gasteiger partial charge >= 0.3 is 18.1 Å². The highest BCUT2D eigenvalue weighted by Gasteiger charge is 2.55. The van der Waals surface area contributed by atoms with Crippen LogP contribution in [-0.2, 0) is 42.3 Å². The van der Waals surface area contributed by atoms with Crippen molar-refractivity contribution in [1.82, 2.24) is 0 Å². The maximum absolute atomic E-state index is 16.7. The Morgan fingerprint density at radius 3 is 2.31 bits per heavy atom. The largest absolute Gasteiger partial charge is 0.496 e. The van der Waals surface area contributed by atoms with Crippen molar-refractivity contribution in [2.75, 3.05) is 18.7 Å². The van der Waals surface area contributed by atoms with Gasteiger partial charge < -0.3 is 14.2 Å². The number of benzene rings is 3. The van der Waals surface area contributed by atoms with Gasteiger partial charge in [-0.05, 0) is 35.9 Å². The predicted molar refractivity (Wildman–Crippen MR) is 131 cm³/mol. The van der Waals surface area contributed by atoms with Crippen LogP contribution in [0.3, 0.4) is 0 Å². The quantitative estimate of drug-likeness (QED) is 0.202. The summed E-state index contributed by atoms with van der Waals surface area (Å²) in [4.78, 5) is 38.2. The molecule has 204 valence electrons. The fourth-order valence-corrected chi connectivity index (χ4v) is 4.24. The summed E-state index contributed by atoms with van der Waals surface area (Å²) in [5.74, 6) is -3.48. The van der Waals surface area contributed by atoms with Gasteiger partial charge in [-0.15, -0.1) is 0 Å². The molecule has 7 nitrogen and oxygen atoms in total. The lowest BCUT2D eigenvalue weighted by Gasteiger charge is -2.23. The van der Waals surface area contributed by atoms with Crippen molar-refractivity contribution >= 4 is 35.1 Å². The molecule has 0 saturated carbocycles. The summed E-state index contributed by atoms with van der Waals surface area (Å²) in [5.41, 5.74) is -4.75. The lowest BCUT2D eigenvalue weighted by atomic mass is 9.88. The van der Waals surface area contributed by atoms with Crippen LogP contribution in [0.2, 0.25) is 5.02 Å². The average molecular weight is 566 g/mol. The lowest BCUT2D eigenvalue weighted by Crippen LogP contribution is -2.40. The molecule has 3 aromatic rings. The van der Waals surface area contributed by atoms with E-state index < -0.39 is 59.7 Å². The molecule has 1 heterocycles. The molecule has 0 aliphatic carbocycles. The zero-order chi connectivity index (χ0) is 28.4. The molecule has 0 spiro atoms. The molecule has 0 aromatic heterocycles. The van der Waals surface area contributed by atoms with Crippen molar-refractivity contribution in [2.45, 2.75) is 24.9 Å². The van der Waals surface area contributed by atoms with Gasteiger partial charge in [0, 0.05) is 16.1 Å². The molecule has 0 saturated heterocycles. The highest BCUT2D eigenvalue weighted by Crippen LogP contribution is 2.51.